The number of rotatable bonds is 1. The highest BCUT2D eigenvalue weighted by atomic mass is 35.5. The van der Waals surface area contributed by atoms with E-state index in [1.54, 1.807) is 0 Å². The van der Waals surface area contributed by atoms with E-state index in [-0.39, 0.29) is 0 Å². The van der Waals surface area contributed by atoms with Gasteiger partial charge < -0.3 is 4.40 Å². The summed E-state index contributed by atoms with van der Waals surface area (Å²) in [5.74, 6) is 0.494. The molecule has 0 saturated carbocycles. The Bertz CT molecular complexity index is 429. The minimum absolute atomic E-state index is 0.494. The Labute approximate surface area is 82.9 Å². The molecule has 0 aliphatic heterocycles. The van der Waals surface area contributed by atoms with E-state index in [0.717, 1.165) is 10.7 Å². The molecule has 0 radical (unpaired) electrons. The molecule has 2 heteroatoms. The zero-order chi connectivity index (χ0) is 9.42. The molecule has 1 nitrogen and oxygen atoms in total. The molecule has 2 aromatic rings. The van der Waals surface area contributed by atoms with Crippen molar-refractivity contribution in [3.8, 4) is 0 Å². The van der Waals surface area contributed by atoms with Crippen LogP contribution in [0, 0.1) is 0 Å². The van der Waals surface area contributed by atoms with Crippen molar-refractivity contribution in [3.63, 3.8) is 0 Å². The maximum Gasteiger partial charge on any atom is 0.113 e. The largest absolute Gasteiger partial charge is 0.304 e. The fourth-order valence-electron chi connectivity index (χ4n) is 1.60. The summed E-state index contributed by atoms with van der Waals surface area (Å²) in [4.78, 5) is 0. The third-order valence-electron chi connectivity index (χ3n) is 2.25. The molecule has 13 heavy (non-hydrogen) atoms. The first kappa shape index (κ1) is 8.64. The van der Waals surface area contributed by atoms with E-state index >= 15 is 0 Å². The van der Waals surface area contributed by atoms with Crippen molar-refractivity contribution in [2.24, 2.45) is 0 Å². The Balaban J connectivity index is 2.80. The molecular formula is C11H12ClN. The second-order valence-corrected chi connectivity index (χ2v) is 3.91. The Morgan fingerprint density at radius 1 is 1.15 bits per heavy atom. The number of pyridine rings is 1. The normalized spacial score (nSPS) is 11.4. The van der Waals surface area contributed by atoms with E-state index in [4.69, 9.17) is 11.6 Å². The van der Waals surface area contributed by atoms with Crippen molar-refractivity contribution in [1.82, 2.24) is 4.40 Å². The molecular weight excluding hydrogens is 182 g/mol. The lowest BCUT2D eigenvalue weighted by molar-refractivity contribution is 0.803. The Kier molecular flexibility index (Phi) is 2.04. The topological polar surface area (TPSA) is 4.41 Å². The fraction of sp³-hybridized carbons (Fsp3) is 0.273. The van der Waals surface area contributed by atoms with Gasteiger partial charge in [0.25, 0.3) is 0 Å². The van der Waals surface area contributed by atoms with E-state index in [0.29, 0.717) is 5.92 Å². The highest BCUT2D eigenvalue weighted by Crippen LogP contribution is 2.22. The average molecular weight is 194 g/mol. The summed E-state index contributed by atoms with van der Waals surface area (Å²) in [6, 6.07) is 10.2. The molecule has 0 aliphatic rings. The van der Waals surface area contributed by atoms with Crippen molar-refractivity contribution >= 4 is 17.1 Å². The number of hydrogen-bond acceptors (Lipinski definition) is 0. The fourth-order valence-corrected chi connectivity index (χ4v) is 1.86. The predicted octanol–water partition coefficient (Wildman–Crippen LogP) is 3.72. The molecule has 0 fully saturated rings. The molecule has 0 aromatic carbocycles. The van der Waals surface area contributed by atoms with Crippen LogP contribution in [0.25, 0.3) is 5.52 Å². The van der Waals surface area contributed by atoms with Crippen LogP contribution in [0.3, 0.4) is 0 Å². The molecule has 0 unspecified atom stereocenters. The van der Waals surface area contributed by atoms with Gasteiger partial charge in [0.15, 0.2) is 0 Å². The molecule has 0 saturated heterocycles. The standard InChI is InChI=1S/C11H12ClN/c1-8(2)10-5-3-4-9-6-7-11(12)13(9)10/h3-8H,1-2H3. The highest BCUT2D eigenvalue weighted by molar-refractivity contribution is 6.30. The Hall–Kier alpha value is -0.950. The molecule has 2 aromatic heterocycles. The lowest BCUT2D eigenvalue weighted by atomic mass is 10.1. The van der Waals surface area contributed by atoms with Crippen LogP contribution in [0.4, 0.5) is 0 Å². The summed E-state index contributed by atoms with van der Waals surface area (Å²) >= 11 is 6.08. The van der Waals surface area contributed by atoms with Crippen LogP contribution in [0.15, 0.2) is 30.3 Å². The van der Waals surface area contributed by atoms with Gasteiger partial charge in [-0.25, -0.2) is 0 Å². The minimum atomic E-state index is 0.494. The average Bonchev–Trinajstić information content (AvgIpc) is 2.48. The summed E-state index contributed by atoms with van der Waals surface area (Å²) in [5.41, 5.74) is 2.42. The summed E-state index contributed by atoms with van der Waals surface area (Å²) in [7, 11) is 0. The molecule has 0 spiro atoms. The molecule has 0 amide bonds. The number of aromatic nitrogens is 1. The maximum absolute atomic E-state index is 6.08. The van der Waals surface area contributed by atoms with E-state index in [1.165, 1.54) is 5.69 Å². The maximum atomic E-state index is 6.08. The first-order valence-electron chi connectivity index (χ1n) is 4.46. The van der Waals surface area contributed by atoms with Crippen molar-refractivity contribution in [2.45, 2.75) is 19.8 Å². The van der Waals surface area contributed by atoms with Gasteiger partial charge in [-0.3, -0.25) is 0 Å². The Morgan fingerprint density at radius 3 is 2.62 bits per heavy atom. The van der Waals surface area contributed by atoms with Gasteiger partial charge in [0.05, 0.1) is 0 Å². The first-order valence-corrected chi connectivity index (χ1v) is 4.84. The zero-order valence-corrected chi connectivity index (χ0v) is 8.55. The number of halogens is 1. The molecule has 2 rings (SSSR count). The van der Waals surface area contributed by atoms with Crippen LogP contribution in [-0.4, -0.2) is 4.40 Å². The van der Waals surface area contributed by atoms with Gasteiger partial charge >= 0.3 is 0 Å². The third kappa shape index (κ3) is 1.33. The molecule has 0 atom stereocenters. The number of nitrogens with zero attached hydrogens (tertiary/aromatic N) is 1. The molecule has 0 N–H and O–H groups in total. The molecule has 68 valence electrons. The predicted molar refractivity (Wildman–Crippen MR) is 56.5 cm³/mol. The van der Waals surface area contributed by atoms with Gasteiger partial charge in [0.2, 0.25) is 0 Å². The van der Waals surface area contributed by atoms with Crippen molar-refractivity contribution in [1.29, 1.82) is 0 Å². The zero-order valence-electron chi connectivity index (χ0n) is 7.79. The van der Waals surface area contributed by atoms with Crippen molar-refractivity contribution < 1.29 is 0 Å². The SMILES string of the molecule is CC(C)c1cccc2ccc(Cl)n12. The van der Waals surface area contributed by atoms with Crippen LogP contribution in [0.5, 0.6) is 0 Å². The summed E-state index contributed by atoms with van der Waals surface area (Å²) in [6.07, 6.45) is 0. The van der Waals surface area contributed by atoms with Gasteiger partial charge in [0, 0.05) is 11.2 Å². The molecule has 0 aliphatic carbocycles. The quantitative estimate of drug-likeness (QED) is 0.651. The second kappa shape index (κ2) is 3.08. The summed E-state index contributed by atoms with van der Waals surface area (Å²) < 4.78 is 2.09. The van der Waals surface area contributed by atoms with E-state index in [9.17, 15) is 0 Å². The summed E-state index contributed by atoms with van der Waals surface area (Å²) in [5, 5.41) is 0.791. The number of hydrogen-bond donors (Lipinski definition) is 0. The van der Waals surface area contributed by atoms with Crippen LogP contribution < -0.4 is 0 Å². The van der Waals surface area contributed by atoms with Gasteiger partial charge in [-0.2, -0.15) is 0 Å². The van der Waals surface area contributed by atoms with Crippen molar-refractivity contribution in [2.75, 3.05) is 0 Å². The van der Waals surface area contributed by atoms with Crippen LogP contribution in [0.1, 0.15) is 25.5 Å². The van der Waals surface area contributed by atoms with Gasteiger partial charge in [0.1, 0.15) is 5.15 Å². The lowest BCUT2D eigenvalue weighted by Crippen LogP contribution is -1.97. The smallest absolute Gasteiger partial charge is 0.113 e. The first-order chi connectivity index (χ1) is 6.20. The van der Waals surface area contributed by atoms with E-state index in [1.807, 2.05) is 12.1 Å². The van der Waals surface area contributed by atoms with Gasteiger partial charge in [-0.1, -0.05) is 31.5 Å². The minimum Gasteiger partial charge on any atom is -0.304 e. The monoisotopic (exact) mass is 193 g/mol. The molecule has 2 heterocycles. The van der Waals surface area contributed by atoms with Gasteiger partial charge in [-0.15, -0.1) is 0 Å². The third-order valence-corrected chi connectivity index (χ3v) is 2.54. The molecule has 0 bridgehead atoms. The number of fused-ring (bicyclic) bond motifs is 1. The van der Waals surface area contributed by atoms with Crippen LogP contribution >= 0.6 is 11.6 Å². The Morgan fingerprint density at radius 2 is 1.92 bits per heavy atom. The van der Waals surface area contributed by atoms with Gasteiger partial charge in [-0.05, 0) is 30.2 Å². The van der Waals surface area contributed by atoms with E-state index in [2.05, 4.69) is 36.4 Å². The van der Waals surface area contributed by atoms with Crippen LogP contribution in [0.2, 0.25) is 5.15 Å². The highest BCUT2D eigenvalue weighted by Gasteiger charge is 2.06. The second-order valence-electron chi connectivity index (χ2n) is 3.52. The van der Waals surface area contributed by atoms with Crippen LogP contribution in [-0.2, 0) is 0 Å². The van der Waals surface area contributed by atoms with Crippen molar-refractivity contribution in [3.05, 3.63) is 41.2 Å². The summed E-state index contributed by atoms with van der Waals surface area (Å²) in [6.45, 7) is 4.34. The van der Waals surface area contributed by atoms with E-state index < -0.39 is 0 Å². The lowest BCUT2D eigenvalue weighted by Gasteiger charge is -2.09.